The second-order valence-corrected chi connectivity index (χ2v) is 8.88. The predicted molar refractivity (Wildman–Crippen MR) is 131 cm³/mol. The van der Waals surface area contributed by atoms with E-state index in [-0.39, 0.29) is 35.9 Å². The molecule has 2 aromatic carbocycles. The van der Waals surface area contributed by atoms with Crippen molar-refractivity contribution >= 4 is 23.9 Å². The molecule has 12 heteroatoms. The Morgan fingerprint density at radius 3 is 2.49 bits per heavy atom. The van der Waals surface area contributed by atoms with Crippen LogP contribution in [0.2, 0.25) is 5.02 Å². The number of methoxy groups -OCH3 is 1. The third-order valence-electron chi connectivity index (χ3n) is 5.56. The van der Waals surface area contributed by atoms with Crippen molar-refractivity contribution in [2.24, 2.45) is 0 Å². The Morgan fingerprint density at radius 1 is 1.16 bits per heavy atom. The molecule has 0 fully saturated rings. The van der Waals surface area contributed by atoms with Gasteiger partial charge in [-0.2, -0.15) is 13.2 Å². The van der Waals surface area contributed by atoms with E-state index in [0.29, 0.717) is 18.0 Å². The normalized spacial score (nSPS) is 15.4. The van der Waals surface area contributed by atoms with Gasteiger partial charge in [-0.1, -0.05) is 35.9 Å². The molecule has 1 aliphatic rings. The minimum Gasteiger partial charge on any atom is -0.452 e. The van der Waals surface area contributed by atoms with Gasteiger partial charge < -0.3 is 29.5 Å². The third kappa shape index (κ3) is 7.53. The zero-order chi connectivity index (χ0) is 27.2. The summed E-state index contributed by atoms with van der Waals surface area (Å²) in [6, 6.07) is 12.6. The number of ether oxygens (including phenoxy) is 2. The number of benzene rings is 2. The minimum absolute atomic E-state index is 0.0287. The van der Waals surface area contributed by atoms with E-state index in [0.717, 1.165) is 5.56 Å². The number of rotatable bonds is 11. The molecule has 2 amide bonds. The molecule has 8 nitrogen and oxygen atoms in total. The van der Waals surface area contributed by atoms with Crippen molar-refractivity contribution in [2.45, 2.75) is 25.5 Å². The van der Waals surface area contributed by atoms with Crippen LogP contribution in [-0.2, 0) is 27.3 Å². The van der Waals surface area contributed by atoms with Crippen LogP contribution < -0.4 is 10.1 Å². The van der Waals surface area contributed by atoms with E-state index < -0.39 is 24.9 Å². The lowest BCUT2D eigenvalue weighted by Crippen LogP contribution is -2.44. The Hall–Kier alpha value is -3.44. The highest BCUT2D eigenvalue weighted by Crippen LogP contribution is 2.29. The lowest BCUT2D eigenvalue weighted by atomic mass is 10.1. The summed E-state index contributed by atoms with van der Waals surface area (Å²) in [5.41, 5.74) is 0.964. The summed E-state index contributed by atoms with van der Waals surface area (Å²) < 4.78 is 49.9. The molecule has 1 aliphatic heterocycles. The second-order valence-electron chi connectivity index (χ2n) is 8.44. The molecular weight excluding hydrogens is 513 g/mol. The highest BCUT2D eigenvalue weighted by molar-refractivity contribution is 6.30. The molecule has 0 radical (unpaired) electrons. The van der Waals surface area contributed by atoms with Crippen molar-refractivity contribution in [3.8, 4) is 5.75 Å². The number of amides is 2. The summed E-state index contributed by atoms with van der Waals surface area (Å²) in [6.07, 6.45) is -5.96. The lowest BCUT2D eigenvalue weighted by Gasteiger charge is -2.30. The fraction of sp³-hybridized carbons (Fsp3) is 0.360. The van der Waals surface area contributed by atoms with Crippen LogP contribution in [-0.4, -0.2) is 73.9 Å². The van der Waals surface area contributed by atoms with Gasteiger partial charge in [0.25, 0.3) is 12.3 Å². The van der Waals surface area contributed by atoms with E-state index in [9.17, 15) is 22.8 Å². The number of nitrogens with zero attached hydrogens (tertiary/aromatic N) is 3. The molecule has 37 heavy (non-hydrogen) atoms. The van der Waals surface area contributed by atoms with Gasteiger partial charge in [-0.25, -0.2) is 0 Å². The highest BCUT2D eigenvalue weighted by atomic mass is 35.5. The molecule has 3 rings (SSSR count). The van der Waals surface area contributed by atoms with Crippen LogP contribution in [0.25, 0.3) is 0 Å². The van der Waals surface area contributed by atoms with Gasteiger partial charge in [-0.05, 0) is 35.4 Å². The lowest BCUT2D eigenvalue weighted by molar-refractivity contribution is -0.129. The first kappa shape index (κ1) is 28.1. The zero-order valence-corrected chi connectivity index (χ0v) is 21.3. The molecule has 0 saturated carbocycles. The topological polar surface area (TPSA) is 74.3 Å². The minimum atomic E-state index is -4.38. The number of alkyl halides is 3. The van der Waals surface area contributed by atoms with Gasteiger partial charge in [-0.15, -0.1) is 0 Å². The fourth-order valence-electron chi connectivity index (χ4n) is 3.70. The van der Waals surface area contributed by atoms with Crippen LogP contribution in [0.15, 0.2) is 60.0 Å². The Bertz CT molecular complexity index is 1130. The molecule has 0 aromatic heterocycles. The summed E-state index contributed by atoms with van der Waals surface area (Å²) in [6.45, 7) is 0.758. The van der Waals surface area contributed by atoms with Crippen molar-refractivity contribution < 1.29 is 32.2 Å². The summed E-state index contributed by atoms with van der Waals surface area (Å²) in [5.74, 6) is -0.0521. The zero-order valence-electron chi connectivity index (χ0n) is 20.6. The molecule has 0 saturated heterocycles. The number of likely N-dealkylation sites (N-methyl/N-ethyl adjacent to an activating group) is 1. The number of halogens is 4. The van der Waals surface area contributed by atoms with Crippen molar-refractivity contribution in [1.29, 1.82) is 0 Å². The summed E-state index contributed by atoms with van der Waals surface area (Å²) >= 11 is 6.02. The maximum absolute atomic E-state index is 13.5. The maximum atomic E-state index is 13.5. The van der Waals surface area contributed by atoms with E-state index in [2.05, 4.69) is 5.32 Å². The molecule has 0 spiro atoms. The number of hydrogen-bond donors (Lipinski definition) is 1. The molecule has 1 atom stereocenters. The van der Waals surface area contributed by atoms with Crippen LogP contribution in [0, 0.1) is 0 Å². The Morgan fingerprint density at radius 2 is 1.86 bits per heavy atom. The van der Waals surface area contributed by atoms with Gasteiger partial charge in [0.1, 0.15) is 17.3 Å². The predicted octanol–water partition coefficient (Wildman–Crippen LogP) is 3.57. The first-order chi connectivity index (χ1) is 17.5. The molecular formula is C25H28ClF3N4O4. The standard InChI is InChI=1S/C25H28ClF3N4O4/c1-31(11-12-36-3)23(35)21-22(32(2)16-34)30-24(33(21)15-17-7-9-19(26)10-8-17)37-20-6-4-5-18(13-20)14-25(27,28)29/h4-10,13,16,24,30H,11-12,14-15H2,1-3H3. The van der Waals surface area contributed by atoms with Crippen molar-refractivity contribution in [1.82, 2.24) is 20.0 Å². The smallest absolute Gasteiger partial charge is 0.393 e. The SMILES string of the molecule is COCCN(C)C(=O)C1=C(N(C)C=O)NC(Oc2cccc(CC(F)(F)F)c2)N1Cc1ccc(Cl)cc1. The molecule has 2 aromatic rings. The Labute approximate surface area is 218 Å². The van der Waals surface area contributed by atoms with Crippen molar-refractivity contribution in [3.63, 3.8) is 0 Å². The van der Waals surface area contributed by atoms with Crippen LogP contribution in [0.5, 0.6) is 5.75 Å². The first-order valence-electron chi connectivity index (χ1n) is 11.3. The number of nitrogens with one attached hydrogen (secondary N) is 1. The average Bonchev–Trinajstić information content (AvgIpc) is 3.19. The molecule has 1 heterocycles. The molecule has 1 unspecified atom stereocenters. The van der Waals surface area contributed by atoms with Crippen LogP contribution in [0.1, 0.15) is 11.1 Å². The van der Waals surface area contributed by atoms with Crippen LogP contribution in [0.3, 0.4) is 0 Å². The van der Waals surface area contributed by atoms with E-state index >= 15 is 0 Å². The van der Waals surface area contributed by atoms with E-state index in [1.807, 2.05) is 0 Å². The molecule has 0 bridgehead atoms. The van der Waals surface area contributed by atoms with E-state index in [1.165, 1.54) is 48.2 Å². The number of carbonyl (C=O) groups excluding carboxylic acids is 2. The largest absolute Gasteiger partial charge is 0.452 e. The fourth-order valence-corrected chi connectivity index (χ4v) is 3.83. The van der Waals surface area contributed by atoms with Gasteiger partial charge in [0.15, 0.2) is 0 Å². The number of carbonyl (C=O) groups is 2. The average molecular weight is 541 g/mol. The molecule has 200 valence electrons. The second kappa shape index (κ2) is 12.2. The maximum Gasteiger partial charge on any atom is 0.393 e. The van der Waals surface area contributed by atoms with Gasteiger partial charge in [0.05, 0.1) is 13.0 Å². The van der Waals surface area contributed by atoms with E-state index in [4.69, 9.17) is 21.1 Å². The van der Waals surface area contributed by atoms with Gasteiger partial charge >= 0.3 is 6.18 Å². The third-order valence-corrected chi connectivity index (χ3v) is 5.81. The van der Waals surface area contributed by atoms with Crippen molar-refractivity contribution in [2.75, 3.05) is 34.4 Å². The molecule has 1 N–H and O–H groups in total. The first-order valence-corrected chi connectivity index (χ1v) is 11.7. The van der Waals surface area contributed by atoms with Crippen LogP contribution >= 0.6 is 11.6 Å². The summed E-state index contributed by atoms with van der Waals surface area (Å²) in [7, 11) is 4.59. The molecule has 0 aliphatic carbocycles. The van der Waals surface area contributed by atoms with Gasteiger partial charge in [0, 0.05) is 39.3 Å². The van der Waals surface area contributed by atoms with Crippen LogP contribution in [0.4, 0.5) is 13.2 Å². The summed E-state index contributed by atoms with van der Waals surface area (Å²) in [4.78, 5) is 29.5. The monoisotopic (exact) mass is 540 g/mol. The van der Waals surface area contributed by atoms with Crippen molar-refractivity contribution in [3.05, 3.63) is 76.2 Å². The number of hydrogen-bond acceptors (Lipinski definition) is 6. The Kier molecular flexibility index (Phi) is 9.28. The van der Waals surface area contributed by atoms with Gasteiger partial charge in [-0.3, -0.25) is 9.59 Å². The Balaban J connectivity index is 1.99. The van der Waals surface area contributed by atoms with E-state index in [1.54, 1.807) is 36.2 Å². The van der Waals surface area contributed by atoms with Gasteiger partial charge in [0.2, 0.25) is 6.41 Å². The quantitative estimate of drug-likeness (QED) is 0.439. The summed E-state index contributed by atoms with van der Waals surface area (Å²) in [5, 5.41) is 3.57. The highest BCUT2D eigenvalue weighted by Gasteiger charge is 2.39.